The average molecular weight is 336 g/mol. The molecule has 21 heavy (non-hydrogen) atoms. The van der Waals surface area contributed by atoms with Crippen LogP contribution >= 0.6 is 0 Å². The highest BCUT2D eigenvalue weighted by Gasteiger charge is 2.30. The minimum absolute atomic E-state index is 0.833. The molecule has 0 spiro atoms. The fourth-order valence-electron chi connectivity index (χ4n) is 0.988. The fraction of sp³-hybridized carbons (Fsp3) is 0.222. The monoisotopic (exact) mass is 336 g/mol. The zero-order chi connectivity index (χ0) is 16.4. The normalized spacial score (nSPS) is 11.1. The summed E-state index contributed by atoms with van der Waals surface area (Å²) in [6, 6.07) is 0. The van der Waals surface area contributed by atoms with Crippen LogP contribution in [-0.2, 0) is 19.6 Å². The van der Waals surface area contributed by atoms with Crippen molar-refractivity contribution in [1.29, 1.82) is 0 Å². The molecule has 0 saturated carbocycles. The standard InChI is InChI=1S/C9H5F5O6S/c1-18-9(15)19-2-21(16,17)20-8-6(13)4(11)3(10)5(12)7(8)14/h2H2,1H3. The third kappa shape index (κ3) is 3.71. The summed E-state index contributed by atoms with van der Waals surface area (Å²) in [7, 11) is -4.16. The van der Waals surface area contributed by atoms with E-state index in [0.717, 1.165) is 7.11 Å². The first-order valence-corrected chi connectivity index (χ1v) is 6.32. The first-order chi connectivity index (χ1) is 9.60. The van der Waals surface area contributed by atoms with Gasteiger partial charge in [0.15, 0.2) is 0 Å². The van der Waals surface area contributed by atoms with Crippen LogP contribution in [0.25, 0.3) is 0 Å². The first-order valence-electron chi connectivity index (χ1n) is 4.75. The maximum atomic E-state index is 13.2. The van der Waals surface area contributed by atoms with Crippen LogP contribution in [0.1, 0.15) is 0 Å². The van der Waals surface area contributed by atoms with Gasteiger partial charge < -0.3 is 13.7 Å². The molecule has 0 aromatic heterocycles. The smallest absolute Gasteiger partial charge is 0.438 e. The van der Waals surface area contributed by atoms with Gasteiger partial charge in [-0.15, -0.1) is 0 Å². The predicted molar refractivity (Wildman–Crippen MR) is 54.1 cm³/mol. The van der Waals surface area contributed by atoms with Gasteiger partial charge in [-0.25, -0.2) is 18.0 Å². The summed E-state index contributed by atoms with van der Waals surface area (Å²) < 4.78 is 98.6. The van der Waals surface area contributed by atoms with E-state index in [2.05, 4.69) is 13.7 Å². The van der Waals surface area contributed by atoms with Crippen molar-refractivity contribution < 1.29 is 48.8 Å². The van der Waals surface area contributed by atoms with Crippen LogP contribution in [0.3, 0.4) is 0 Å². The first kappa shape index (κ1) is 16.9. The summed E-state index contributed by atoms with van der Waals surface area (Å²) in [6.45, 7) is 0. The van der Waals surface area contributed by atoms with E-state index in [4.69, 9.17) is 0 Å². The van der Waals surface area contributed by atoms with Crippen LogP contribution in [0.15, 0.2) is 0 Å². The summed E-state index contributed by atoms with van der Waals surface area (Å²) >= 11 is 0. The number of benzene rings is 1. The lowest BCUT2D eigenvalue weighted by molar-refractivity contribution is 0.0849. The molecule has 1 aromatic carbocycles. The van der Waals surface area contributed by atoms with Crippen molar-refractivity contribution >= 4 is 16.3 Å². The molecular weight excluding hydrogens is 331 g/mol. The second-order valence-corrected chi connectivity index (χ2v) is 4.77. The van der Waals surface area contributed by atoms with Crippen molar-refractivity contribution in [2.75, 3.05) is 13.0 Å². The Hall–Kier alpha value is -2.11. The van der Waals surface area contributed by atoms with Gasteiger partial charge >= 0.3 is 16.3 Å². The number of ether oxygens (including phenoxy) is 2. The molecule has 0 aliphatic heterocycles. The molecule has 0 heterocycles. The molecule has 0 radical (unpaired) electrons. The number of carbonyl (C=O) groups is 1. The van der Waals surface area contributed by atoms with Crippen molar-refractivity contribution in [3.63, 3.8) is 0 Å². The SMILES string of the molecule is COC(=O)OCS(=O)(=O)Oc1c(F)c(F)c(F)c(F)c1F. The van der Waals surface area contributed by atoms with E-state index >= 15 is 0 Å². The Labute approximate surface area is 114 Å². The Kier molecular flexibility index (Phi) is 4.93. The van der Waals surface area contributed by atoms with Crippen molar-refractivity contribution in [2.45, 2.75) is 0 Å². The van der Waals surface area contributed by atoms with Crippen LogP contribution in [0, 0.1) is 29.1 Å². The molecule has 0 fully saturated rings. The Morgan fingerprint density at radius 2 is 1.38 bits per heavy atom. The minimum atomic E-state index is -4.99. The van der Waals surface area contributed by atoms with Crippen LogP contribution in [0.4, 0.5) is 26.7 Å². The highest BCUT2D eigenvalue weighted by molar-refractivity contribution is 7.86. The maximum Gasteiger partial charge on any atom is 0.509 e. The lowest BCUT2D eigenvalue weighted by Gasteiger charge is -2.10. The van der Waals surface area contributed by atoms with Crippen molar-refractivity contribution in [3.8, 4) is 5.75 Å². The van der Waals surface area contributed by atoms with E-state index in [1.807, 2.05) is 0 Å². The highest BCUT2D eigenvalue weighted by Crippen LogP contribution is 2.30. The number of halogens is 5. The van der Waals surface area contributed by atoms with Gasteiger partial charge in [-0.2, -0.15) is 17.2 Å². The third-order valence-corrected chi connectivity index (χ3v) is 2.69. The van der Waals surface area contributed by atoms with Gasteiger partial charge in [0.2, 0.25) is 40.8 Å². The summed E-state index contributed by atoms with van der Waals surface area (Å²) in [5.41, 5.74) is 0. The molecule has 0 bridgehead atoms. The fourth-order valence-corrected chi connectivity index (χ4v) is 1.68. The molecule has 0 aliphatic carbocycles. The molecule has 12 heteroatoms. The molecule has 0 unspecified atom stereocenters. The molecule has 1 rings (SSSR count). The molecule has 0 N–H and O–H groups in total. The van der Waals surface area contributed by atoms with Gasteiger partial charge in [-0.05, 0) is 0 Å². The quantitative estimate of drug-likeness (QED) is 0.274. The number of methoxy groups -OCH3 is 1. The summed E-state index contributed by atoms with van der Waals surface area (Å²) in [4.78, 5) is 10.5. The molecule has 0 amide bonds. The second kappa shape index (κ2) is 6.11. The number of hydrogen-bond donors (Lipinski definition) is 0. The van der Waals surface area contributed by atoms with Gasteiger partial charge in [0, 0.05) is 0 Å². The van der Waals surface area contributed by atoms with E-state index in [1.165, 1.54) is 0 Å². The van der Waals surface area contributed by atoms with E-state index in [1.54, 1.807) is 0 Å². The number of hydrogen-bond acceptors (Lipinski definition) is 6. The Bertz CT molecular complexity index is 645. The molecule has 1 aromatic rings. The van der Waals surface area contributed by atoms with Crippen molar-refractivity contribution in [2.24, 2.45) is 0 Å². The van der Waals surface area contributed by atoms with Crippen molar-refractivity contribution in [3.05, 3.63) is 29.1 Å². The van der Waals surface area contributed by atoms with Crippen LogP contribution in [0.5, 0.6) is 5.75 Å². The van der Waals surface area contributed by atoms with Gasteiger partial charge in [-0.3, -0.25) is 0 Å². The Balaban J connectivity index is 3.11. The highest BCUT2D eigenvalue weighted by atomic mass is 32.2. The number of rotatable bonds is 4. The van der Waals surface area contributed by atoms with Gasteiger partial charge in [-0.1, -0.05) is 0 Å². The van der Waals surface area contributed by atoms with Gasteiger partial charge in [0.1, 0.15) is 0 Å². The topological polar surface area (TPSA) is 78.9 Å². The lowest BCUT2D eigenvalue weighted by atomic mass is 10.3. The van der Waals surface area contributed by atoms with E-state index < -0.39 is 57.0 Å². The van der Waals surface area contributed by atoms with E-state index in [9.17, 15) is 35.2 Å². The molecule has 118 valence electrons. The molecule has 0 aliphatic rings. The average Bonchev–Trinajstić information content (AvgIpc) is 2.45. The van der Waals surface area contributed by atoms with E-state index in [-0.39, 0.29) is 0 Å². The largest absolute Gasteiger partial charge is 0.509 e. The zero-order valence-electron chi connectivity index (χ0n) is 9.95. The van der Waals surface area contributed by atoms with Crippen molar-refractivity contribution in [1.82, 2.24) is 0 Å². The molecule has 0 saturated heterocycles. The Morgan fingerprint density at radius 1 is 0.952 bits per heavy atom. The van der Waals surface area contributed by atoms with Gasteiger partial charge in [0.25, 0.3) is 0 Å². The van der Waals surface area contributed by atoms with Crippen LogP contribution in [0.2, 0.25) is 0 Å². The molecular formula is C9H5F5O6S. The van der Waals surface area contributed by atoms with Crippen LogP contribution < -0.4 is 4.18 Å². The summed E-state index contributed by atoms with van der Waals surface area (Å²) in [6.07, 6.45) is -1.47. The van der Waals surface area contributed by atoms with E-state index in [0.29, 0.717) is 0 Å². The zero-order valence-corrected chi connectivity index (χ0v) is 10.8. The molecule has 6 nitrogen and oxygen atoms in total. The maximum absolute atomic E-state index is 13.2. The summed E-state index contributed by atoms with van der Waals surface area (Å²) in [5.74, 6) is -15.9. The third-order valence-electron chi connectivity index (χ3n) is 1.87. The minimum Gasteiger partial charge on any atom is -0.438 e. The predicted octanol–water partition coefficient (Wildman–Crippen LogP) is 1.83. The van der Waals surface area contributed by atoms with Crippen LogP contribution in [-0.4, -0.2) is 27.6 Å². The second-order valence-electron chi connectivity index (χ2n) is 3.26. The Morgan fingerprint density at radius 3 is 1.81 bits per heavy atom. The molecule has 0 atom stereocenters. The number of carbonyl (C=O) groups excluding carboxylic acids is 1. The summed E-state index contributed by atoms with van der Waals surface area (Å²) in [5, 5.41) is 0. The lowest BCUT2D eigenvalue weighted by Crippen LogP contribution is -2.21. The van der Waals surface area contributed by atoms with Gasteiger partial charge in [0.05, 0.1) is 7.11 Å².